The molecule has 0 aromatic heterocycles. The average molecular weight is 361 g/mol. The second-order valence-corrected chi connectivity index (χ2v) is 6.79. The van der Waals surface area contributed by atoms with Crippen LogP contribution >= 0.6 is 0 Å². The molecule has 2 fully saturated rings. The number of nitrogens with zero attached hydrogens (tertiary/aromatic N) is 1. The highest BCUT2D eigenvalue weighted by molar-refractivity contribution is 5.97. The van der Waals surface area contributed by atoms with Crippen LogP contribution in [0.3, 0.4) is 0 Å². The molecular weight excluding hydrogens is 334 g/mol. The summed E-state index contributed by atoms with van der Waals surface area (Å²) in [7, 11) is 3.13. The highest BCUT2D eigenvalue weighted by Crippen LogP contribution is 2.26. The highest BCUT2D eigenvalue weighted by atomic mass is 16.5. The second kappa shape index (κ2) is 8.40. The van der Waals surface area contributed by atoms with Crippen molar-refractivity contribution in [3.8, 4) is 11.5 Å². The third-order valence-corrected chi connectivity index (χ3v) is 5.14. The SMILES string of the molecule is COc1ccc(C(=O)N2CCC(NC(=O)C3CCCN3)CC2)c(OC)c1. The van der Waals surface area contributed by atoms with Crippen LogP contribution in [0.2, 0.25) is 0 Å². The molecule has 0 bridgehead atoms. The zero-order valence-corrected chi connectivity index (χ0v) is 15.4. The van der Waals surface area contributed by atoms with E-state index in [1.807, 2.05) is 4.90 Å². The van der Waals surface area contributed by atoms with E-state index in [1.165, 1.54) is 0 Å². The number of likely N-dealkylation sites (tertiary alicyclic amines) is 1. The number of methoxy groups -OCH3 is 2. The number of benzene rings is 1. The van der Waals surface area contributed by atoms with Crippen molar-refractivity contribution in [1.82, 2.24) is 15.5 Å². The fourth-order valence-electron chi connectivity index (χ4n) is 3.58. The molecule has 2 amide bonds. The zero-order chi connectivity index (χ0) is 18.5. The third kappa shape index (κ3) is 4.09. The largest absolute Gasteiger partial charge is 0.497 e. The average Bonchev–Trinajstić information content (AvgIpc) is 3.22. The van der Waals surface area contributed by atoms with Crippen molar-refractivity contribution in [1.29, 1.82) is 0 Å². The first kappa shape index (κ1) is 18.5. The lowest BCUT2D eigenvalue weighted by atomic mass is 10.0. The van der Waals surface area contributed by atoms with Gasteiger partial charge in [0, 0.05) is 25.2 Å². The third-order valence-electron chi connectivity index (χ3n) is 5.14. The number of ether oxygens (including phenoxy) is 2. The molecule has 2 N–H and O–H groups in total. The summed E-state index contributed by atoms with van der Waals surface area (Å²) in [5.74, 6) is 1.20. The van der Waals surface area contributed by atoms with E-state index in [0.29, 0.717) is 30.2 Å². The Hall–Kier alpha value is -2.28. The molecule has 2 heterocycles. The summed E-state index contributed by atoms with van der Waals surface area (Å²) >= 11 is 0. The van der Waals surface area contributed by atoms with E-state index in [9.17, 15) is 9.59 Å². The van der Waals surface area contributed by atoms with Crippen molar-refractivity contribution < 1.29 is 19.1 Å². The number of hydrogen-bond acceptors (Lipinski definition) is 5. The monoisotopic (exact) mass is 361 g/mol. The number of nitrogens with one attached hydrogen (secondary N) is 2. The molecular formula is C19H27N3O4. The molecule has 2 aliphatic heterocycles. The molecule has 0 spiro atoms. The van der Waals surface area contributed by atoms with Gasteiger partial charge in [-0.1, -0.05) is 0 Å². The Kier molecular flexibility index (Phi) is 5.98. The van der Waals surface area contributed by atoms with Gasteiger partial charge in [0.2, 0.25) is 5.91 Å². The van der Waals surface area contributed by atoms with Crippen molar-refractivity contribution in [2.75, 3.05) is 33.9 Å². The van der Waals surface area contributed by atoms with E-state index in [1.54, 1.807) is 32.4 Å². The Labute approximate surface area is 154 Å². The molecule has 7 nitrogen and oxygen atoms in total. The van der Waals surface area contributed by atoms with Crippen molar-refractivity contribution in [3.63, 3.8) is 0 Å². The van der Waals surface area contributed by atoms with Gasteiger partial charge in [0.05, 0.1) is 25.8 Å². The summed E-state index contributed by atoms with van der Waals surface area (Å²) in [6.45, 7) is 2.16. The van der Waals surface area contributed by atoms with Gasteiger partial charge in [-0.15, -0.1) is 0 Å². The summed E-state index contributed by atoms with van der Waals surface area (Å²) in [6.07, 6.45) is 3.49. The maximum absolute atomic E-state index is 12.8. The summed E-state index contributed by atoms with van der Waals surface area (Å²) < 4.78 is 10.5. The summed E-state index contributed by atoms with van der Waals surface area (Å²) in [5, 5.41) is 6.33. The van der Waals surface area contributed by atoms with Gasteiger partial charge in [-0.25, -0.2) is 0 Å². The van der Waals surface area contributed by atoms with E-state index in [2.05, 4.69) is 10.6 Å². The molecule has 0 radical (unpaired) electrons. The molecule has 1 unspecified atom stereocenters. The van der Waals surface area contributed by atoms with Crippen molar-refractivity contribution in [3.05, 3.63) is 23.8 Å². The standard InChI is InChI=1S/C19H27N3O4/c1-25-14-5-6-15(17(12-14)26-2)19(24)22-10-7-13(8-11-22)21-18(23)16-4-3-9-20-16/h5-6,12-13,16,20H,3-4,7-11H2,1-2H3,(H,21,23). The number of rotatable bonds is 5. The zero-order valence-electron chi connectivity index (χ0n) is 15.4. The molecule has 2 aliphatic rings. The smallest absolute Gasteiger partial charge is 0.257 e. The van der Waals surface area contributed by atoms with Gasteiger partial charge in [-0.2, -0.15) is 0 Å². The van der Waals surface area contributed by atoms with E-state index in [0.717, 1.165) is 32.2 Å². The Morgan fingerprint density at radius 1 is 1.15 bits per heavy atom. The normalized spacial score (nSPS) is 20.7. The lowest BCUT2D eigenvalue weighted by molar-refractivity contribution is -0.123. The van der Waals surface area contributed by atoms with Gasteiger partial charge >= 0.3 is 0 Å². The van der Waals surface area contributed by atoms with Crippen LogP contribution in [0.25, 0.3) is 0 Å². The van der Waals surface area contributed by atoms with Crippen LogP contribution < -0.4 is 20.1 Å². The second-order valence-electron chi connectivity index (χ2n) is 6.79. The van der Waals surface area contributed by atoms with Gasteiger partial charge in [-0.3, -0.25) is 9.59 Å². The fourth-order valence-corrected chi connectivity index (χ4v) is 3.58. The van der Waals surface area contributed by atoms with Gasteiger partial charge in [0.25, 0.3) is 5.91 Å². The lowest BCUT2D eigenvalue weighted by Crippen LogP contribution is -2.50. The lowest BCUT2D eigenvalue weighted by Gasteiger charge is -2.33. The van der Waals surface area contributed by atoms with Crippen molar-refractivity contribution in [2.45, 2.75) is 37.8 Å². The minimum absolute atomic E-state index is 0.0493. The summed E-state index contributed by atoms with van der Waals surface area (Å²) in [6, 6.07) is 5.29. The topological polar surface area (TPSA) is 79.9 Å². The highest BCUT2D eigenvalue weighted by Gasteiger charge is 2.29. The minimum Gasteiger partial charge on any atom is -0.497 e. The Morgan fingerprint density at radius 3 is 2.54 bits per heavy atom. The van der Waals surface area contributed by atoms with E-state index in [-0.39, 0.29) is 23.9 Å². The molecule has 1 aromatic rings. The first-order chi connectivity index (χ1) is 12.6. The van der Waals surface area contributed by atoms with Crippen LogP contribution in [-0.2, 0) is 4.79 Å². The Morgan fingerprint density at radius 2 is 1.92 bits per heavy atom. The van der Waals surface area contributed by atoms with E-state index in [4.69, 9.17) is 9.47 Å². The molecule has 0 saturated carbocycles. The van der Waals surface area contributed by atoms with Gasteiger partial charge in [0.15, 0.2) is 0 Å². The molecule has 7 heteroatoms. The number of hydrogen-bond donors (Lipinski definition) is 2. The molecule has 3 rings (SSSR count). The number of carbonyl (C=O) groups excluding carboxylic acids is 2. The Balaban J connectivity index is 1.56. The number of amides is 2. The maximum Gasteiger partial charge on any atom is 0.257 e. The summed E-state index contributed by atoms with van der Waals surface area (Å²) in [4.78, 5) is 26.9. The Bertz CT molecular complexity index is 650. The van der Waals surface area contributed by atoms with E-state index < -0.39 is 0 Å². The quantitative estimate of drug-likeness (QED) is 0.823. The van der Waals surface area contributed by atoms with E-state index >= 15 is 0 Å². The number of piperidine rings is 1. The molecule has 0 aliphatic carbocycles. The van der Waals surface area contributed by atoms with Crippen LogP contribution in [0.15, 0.2) is 18.2 Å². The first-order valence-electron chi connectivity index (χ1n) is 9.17. The molecule has 2 saturated heterocycles. The van der Waals surface area contributed by atoms with Crippen molar-refractivity contribution in [2.24, 2.45) is 0 Å². The van der Waals surface area contributed by atoms with Crippen molar-refractivity contribution >= 4 is 11.8 Å². The molecule has 1 aromatic carbocycles. The maximum atomic E-state index is 12.8. The number of carbonyl (C=O) groups is 2. The fraction of sp³-hybridized carbons (Fsp3) is 0.579. The van der Waals surface area contributed by atoms with Gasteiger partial charge in [-0.05, 0) is 44.4 Å². The molecule has 1 atom stereocenters. The van der Waals surface area contributed by atoms with Gasteiger partial charge < -0.3 is 25.0 Å². The van der Waals surface area contributed by atoms with Crippen LogP contribution in [0.4, 0.5) is 0 Å². The van der Waals surface area contributed by atoms with Crippen LogP contribution in [0.1, 0.15) is 36.0 Å². The van der Waals surface area contributed by atoms with Crippen LogP contribution in [0.5, 0.6) is 11.5 Å². The molecule has 142 valence electrons. The predicted molar refractivity (Wildman–Crippen MR) is 97.6 cm³/mol. The summed E-state index contributed by atoms with van der Waals surface area (Å²) in [5.41, 5.74) is 0.533. The minimum atomic E-state index is -0.0572. The first-order valence-corrected chi connectivity index (χ1v) is 9.17. The van der Waals surface area contributed by atoms with Crippen LogP contribution in [0, 0.1) is 0 Å². The predicted octanol–water partition coefficient (Wildman–Crippen LogP) is 1.18. The van der Waals surface area contributed by atoms with Gasteiger partial charge in [0.1, 0.15) is 11.5 Å². The van der Waals surface area contributed by atoms with Crippen LogP contribution in [-0.4, -0.2) is 62.7 Å². The molecule has 26 heavy (non-hydrogen) atoms.